The quantitative estimate of drug-likeness (QED) is 0.819. The number of benzene rings is 1. The molecule has 3 unspecified atom stereocenters. The fourth-order valence-corrected chi connectivity index (χ4v) is 2.35. The summed E-state index contributed by atoms with van der Waals surface area (Å²) >= 11 is 0. The fourth-order valence-electron chi connectivity index (χ4n) is 2.35. The fraction of sp³-hybridized carbons (Fsp3) is 0.538. The normalized spacial score (nSPS) is 27.9. The topological polar surface area (TPSA) is 35.2 Å². The van der Waals surface area contributed by atoms with Crippen LogP contribution < -0.4 is 5.73 Å². The smallest absolute Gasteiger partial charge is 0.0590 e. The van der Waals surface area contributed by atoms with Gasteiger partial charge in [-0.3, -0.25) is 0 Å². The zero-order valence-corrected chi connectivity index (χ0v) is 9.23. The first-order valence-corrected chi connectivity index (χ1v) is 5.68. The molecule has 2 nitrogen and oxygen atoms in total. The SMILES string of the molecule is CC1OCCC1C(N)Cc1ccccc1. The Bertz CT molecular complexity index is 299. The summed E-state index contributed by atoms with van der Waals surface area (Å²) in [5, 5.41) is 0. The van der Waals surface area contributed by atoms with Crippen LogP contribution in [0.1, 0.15) is 18.9 Å². The van der Waals surface area contributed by atoms with Crippen LogP contribution in [0, 0.1) is 5.92 Å². The van der Waals surface area contributed by atoms with E-state index in [2.05, 4.69) is 31.2 Å². The van der Waals surface area contributed by atoms with Crippen LogP contribution in [-0.2, 0) is 11.2 Å². The second-order valence-corrected chi connectivity index (χ2v) is 4.38. The van der Waals surface area contributed by atoms with Crippen LogP contribution in [0.2, 0.25) is 0 Å². The van der Waals surface area contributed by atoms with Gasteiger partial charge in [-0.2, -0.15) is 0 Å². The highest BCUT2D eigenvalue weighted by Gasteiger charge is 2.29. The van der Waals surface area contributed by atoms with Gasteiger partial charge in [0.2, 0.25) is 0 Å². The lowest BCUT2D eigenvalue weighted by Crippen LogP contribution is -2.36. The lowest BCUT2D eigenvalue weighted by atomic mass is 9.90. The Kier molecular flexibility index (Phi) is 3.39. The molecule has 82 valence electrons. The molecule has 2 N–H and O–H groups in total. The molecule has 1 aliphatic rings. The van der Waals surface area contributed by atoms with Crippen LogP contribution in [0.25, 0.3) is 0 Å². The van der Waals surface area contributed by atoms with Crippen LogP contribution in [0.4, 0.5) is 0 Å². The van der Waals surface area contributed by atoms with E-state index < -0.39 is 0 Å². The van der Waals surface area contributed by atoms with E-state index in [0.717, 1.165) is 19.4 Å². The zero-order chi connectivity index (χ0) is 10.7. The predicted molar refractivity (Wildman–Crippen MR) is 61.6 cm³/mol. The number of rotatable bonds is 3. The molecular formula is C13H19NO. The van der Waals surface area contributed by atoms with E-state index in [1.54, 1.807) is 0 Å². The van der Waals surface area contributed by atoms with Gasteiger partial charge in [0.1, 0.15) is 0 Å². The molecule has 1 aliphatic heterocycles. The maximum atomic E-state index is 6.22. The number of ether oxygens (including phenoxy) is 1. The first kappa shape index (κ1) is 10.7. The molecule has 0 saturated carbocycles. The van der Waals surface area contributed by atoms with Crippen LogP contribution in [0.3, 0.4) is 0 Å². The van der Waals surface area contributed by atoms with E-state index in [1.807, 2.05) is 6.07 Å². The molecule has 0 bridgehead atoms. The summed E-state index contributed by atoms with van der Waals surface area (Å²) in [5.41, 5.74) is 7.54. The predicted octanol–water partition coefficient (Wildman–Crippen LogP) is 1.98. The van der Waals surface area contributed by atoms with Gasteiger partial charge in [0.25, 0.3) is 0 Å². The zero-order valence-electron chi connectivity index (χ0n) is 9.23. The highest BCUT2D eigenvalue weighted by atomic mass is 16.5. The first-order valence-electron chi connectivity index (χ1n) is 5.68. The number of nitrogens with two attached hydrogens (primary N) is 1. The number of hydrogen-bond acceptors (Lipinski definition) is 2. The molecule has 1 fully saturated rings. The van der Waals surface area contributed by atoms with Crippen molar-refractivity contribution in [2.24, 2.45) is 11.7 Å². The second kappa shape index (κ2) is 4.77. The Balaban J connectivity index is 1.94. The van der Waals surface area contributed by atoms with Gasteiger partial charge in [-0.25, -0.2) is 0 Å². The largest absolute Gasteiger partial charge is 0.378 e. The highest BCUT2D eigenvalue weighted by molar-refractivity contribution is 5.16. The molecule has 0 aromatic heterocycles. The average Bonchev–Trinajstić information content (AvgIpc) is 2.66. The molecule has 15 heavy (non-hydrogen) atoms. The monoisotopic (exact) mass is 205 g/mol. The van der Waals surface area contributed by atoms with Gasteiger partial charge < -0.3 is 10.5 Å². The Morgan fingerprint density at radius 1 is 1.40 bits per heavy atom. The summed E-state index contributed by atoms with van der Waals surface area (Å²) < 4.78 is 5.54. The van der Waals surface area contributed by atoms with Crippen LogP contribution in [-0.4, -0.2) is 18.8 Å². The van der Waals surface area contributed by atoms with Gasteiger partial charge in [0, 0.05) is 18.6 Å². The molecule has 2 heteroatoms. The molecule has 0 radical (unpaired) electrons. The van der Waals surface area contributed by atoms with Crippen LogP contribution in [0.15, 0.2) is 30.3 Å². The van der Waals surface area contributed by atoms with Crippen molar-refractivity contribution in [1.29, 1.82) is 0 Å². The summed E-state index contributed by atoms with van der Waals surface area (Å²) in [6.45, 7) is 3.00. The van der Waals surface area contributed by atoms with E-state index in [4.69, 9.17) is 10.5 Å². The lowest BCUT2D eigenvalue weighted by molar-refractivity contribution is 0.0995. The van der Waals surface area contributed by atoms with Gasteiger partial charge in [-0.05, 0) is 25.3 Å². The van der Waals surface area contributed by atoms with E-state index in [9.17, 15) is 0 Å². The second-order valence-electron chi connectivity index (χ2n) is 4.38. The van der Waals surface area contributed by atoms with Gasteiger partial charge in [0.05, 0.1) is 6.10 Å². The van der Waals surface area contributed by atoms with Crippen molar-refractivity contribution >= 4 is 0 Å². The standard InChI is InChI=1S/C13H19NO/c1-10-12(7-8-15-10)13(14)9-11-5-3-2-4-6-11/h2-6,10,12-13H,7-9,14H2,1H3. The Hall–Kier alpha value is -0.860. The van der Waals surface area contributed by atoms with Crippen molar-refractivity contribution in [3.05, 3.63) is 35.9 Å². The molecule has 1 saturated heterocycles. The van der Waals surface area contributed by atoms with Crippen molar-refractivity contribution in [2.45, 2.75) is 31.9 Å². The van der Waals surface area contributed by atoms with Crippen molar-refractivity contribution in [3.63, 3.8) is 0 Å². The van der Waals surface area contributed by atoms with Gasteiger partial charge in [0.15, 0.2) is 0 Å². The molecule has 0 spiro atoms. The third kappa shape index (κ3) is 2.58. The minimum Gasteiger partial charge on any atom is -0.378 e. The summed E-state index contributed by atoms with van der Waals surface area (Å²) in [5.74, 6) is 0.519. The molecule has 0 amide bonds. The Labute approximate surface area is 91.4 Å². The molecule has 1 aromatic carbocycles. The Morgan fingerprint density at radius 3 is 2.73 bits per heavy atom. The van der Waals surface area contributed by atoms with Crippen molar-refractivity contribution < 1.29 is 4.74 Å². The van der Waals surface area contributed by atoms with Crippen molar-refractivity contribution in [3.8, 4) is 0 Å². The first-order chi connectivity index (χ1) is 7.27. The molecule has 0 aliphatic carbocycles. The summed E-state index contributed by atoms with van der Waals surface area (Å²) in [7, 11) is 0. The van der Waals surface area contributed by atoms with Gasteiger partial charge in [-0.1, -0.05) is 30.3 Å². The minimum atomic E-state index is 0.227. The van der Waals surface area contributed by atoms with Gasteiger partial charge >= 0.3 is 0 Å². The molecule has 2 rings (SSSR count). The van der Waals surface area contributed by atoms with E-state index in [-0.39, 0.29) is 6.04 Å². The molecule has 1 aromatic rings. The van der Waals surface area contributed by atoms with Gasteiger partial charge in [-0.15, -0.1) is 0 Å². The third-order valence-electron chi connectivity index (χ3n) is 3.30. The third-order valence-corrected chi connectivity index (χ3v) is 3.30. The van der Waals surface area contributed by atoms with E-state index in [1.165, 1.54) is 5.56 Å². The summed E-state index contributed by atoms with van der Waals surface area (Å²) in [4.78, 5) is 0. The van der Waals surface area contributed by atoms with Crippen LogP contribution in [0.5, 0.6) is 0 Å². The van der Waals surface area contributed by atoms with Crippen molar-refractivity contribution in [2.75, 3.05) is 6.61 Å². The Morgan fingerprint density at radius 2 is 2.13 bits per heavy atom. The highest BCUT2D eigenvalue weighted by Crippen LogP contribution is 2.24. The van der Waals surface area contributed by atoms with E-state index >= 15 is 0 Å². The molecule has 3 atom stereocenters. The average molecular weight is 205 g/mol. The minimum absolute atomic E-state index is 0.227. The van der Waals surface area contributed by atoms with E-state index in [0.29, 0.717) is 12.0 Å². The maximum absolute atomic E-state index is 6.22. The lowest BCUT2D eigenvalue weighted by Gasteiger charge is -2.21. The molecule has 1 heterocycles. The number of hydrogen-bond donors (Lipinski definition) is 1. The van der Waals surface area contributed by atoms with Crippen LogP contribution >= 0.6 is 0 Å². The summed E-state index contributed by atoms with van der Waals surface area (Å²) in [6, 6.07) is 10.7. The van der Waals surface area contributed by atoms with Crippen molar-refractivity contribution in [1.82, 2.24) is 0 Å². The molecular weight excluding hydrogens is 186 g/mol. The summed E-state index contributed by atoms with van der Waals surface area (Å²) in [6.07, 6.45) is 2.39. The maximum Gasteiger partial charge on any atom is 0.0590 e.